The number of carbonyl (C=O) groups excluding carboxylic acids is 3. The molecule has 1 aromatic heterocycles. The van der Waals surface area contributed by atoms with E-state index in [1.165, 1.54) is 24.7 Å². The minimum atomic E-state index is -0.387. The van der Waals surface area contributed by atoms with Crippen LogP contribution < -0.4 is 10.6 Å². The lowest BCUT2D eigenvalue weighted by Gasteiger charge is -2.30. The van der Waals surface area contributed by atoms with Crippen LogP contribution in [-0.2, 0) is 9.59 Å². The van der Waals surface area contributed by atoms with Crippen LogP contribution in [0, 0.1) is 5.92 Å². The van der Waals surface area contributed by atoms with Crippen molar-refractivity contribution in [2.24, 2.45) is 5.92 Å². The van der Waals surface area contributed by atoms with Crippen molar-refractivity contribution < 1.29 is 14.4 Å². The van der Waals surface area contributed by atoms with Crippen LogP contribution in [0.5, 0.6) is 0 Å². The van der Waals surface area contributed by atoms with Crippen molar-refractivity contribution in [1.82, 2.24) is 15.6 Å². The van der Waals surface area contributed by atoms with Crippen LogP contribution in [0.1, 0.15) is 73.2 Å². The fourth-order valence-corrected chi connectivity index (χ4v) is 5.98. The van der Waals surface area contributed by atoms with E-state index in [0.29, 0.717) is 23.9 Å². The van der Waals surface area contributed by atoms with Crippen molar-refractivity contribution in [2.75, 3.05) is 6.54 Å². The molecule has 0 spiro atoms. The van der Waals surface area contributed by atoms with E-state index < -0.39 is 0 Å². The smallest absolute Gasteiger partial charge is 0.222 e. The number of thiazole rings is 1. The Bertz CT molecular complexity index is 1120. The van der Waals surface area contributed by atoms with Gasteiger partial charge >= 0.3 is 0 Å². The molecule has 2 atom stereocenters. The minimum absolute atomic E-state index is 0.0232. The molecule has 1 heterocycles. The maximum absolute atomic E-state index is 13.5. The van der Waals surface area contributed by atoms with Crippen LogP contribution in [0.3, 0.4) is 0 Å². The summed E-state index contributed by atoms with van der Waals surface area (Å²) in [7, 11) is 0. The Labute approximate surface area is 210 Å². The van der Waals surface area contributed by atoms with Gasteiger partial charge in [-0.25, -0.2) is 4.98 Å². The Hall–Kier alpha value is -3.06. The van der Waals surface area contributed by atoms with Gasteiger partial charge in [0.15, 0.2) is 10.8 Å². The number of fused-ring (bicyclic) bond motifs is 1. The average Bonchev–Trinajstić information content (AvgIpc) is 3.31. The third kappa shape index (κ3) is 6.75. The molecule has 184 valence electrons. The fraction of sp³-hybridized carbons (Fsp3) is 0.429. The lowest BCUT2D eigenvalue weighted by molar-refractivity contribution is -0.123. The molecule has 35 heavy (non-hydrogen) atoms. The second-order valence-electron chi connectivity index (χ2n) is 9.36. The molecule has 0 bridgehead atoms. The molecule has 1 aliphatic rings. The quantitative estimate of drug-likeness (QED) is 0.380. The summed E-state index contributed by atoms with van der Waals surface area (Å²) in [6.07, 6.45) is 6.36. The number of benzene rings is 2. The average molecular weight is 492 g/mol. The normalized spacial score (nSPS) is 15.9. The zero-order valence-corrected chi connectivity index (χ0v) is 21.0. The Kier molecular flexibility index (Phi) is 8.64. The molecule has 1 fully saturated rings. The zero-order valence-electron chi connectivity index (χ0n) is 20.2. The van der Waals surface area contributed by atoms with Gasteiger partial charge in [0, 0.05) is 25.9 Å². The molecule has 6 nitrogen and oxygen atoms in total. The number of para-hydroxylation sites is 1. The number of amides is 2. The highest BCUT2D eigenvalue weighted by Crippen LogP contribution is 2.30. The SMILES string of the molecule is CC(=O)NC(CC(=O)NCCC(C(=O)c1nc2ccccc2s1)c1ccccc1)C1CCCCC1. The predicted octanol–water partition coefficient (Wildman–Crippen LogP) is 5.24. The van der Waals surface area contributed by atoms with Gasteiger partial charge in [0.2, 0.25) is 11.8 Å². The van der Waals surface area contributed by atoms with E-state index in [9.17, 15) is 14.4 Å². The second-order valence-corrected chi connectivity index (χ2v) is 10.4. The van der Waals surface area contributed by atoms with Crippen LogP contribution in [0.15, 0.2) is 54.6 Å². The number of Topliss-reactive ketones (excluding diaryl/α,β-unsaturated/α-hetero) is 1. The molecule has 0 radical (unpaired) electrons. The summed E-state index contributed by atoms with van der Waals surface area (Å²) in [5, 5.41) is 6.49. The van der Waals surface area contributed by atoms with Crippen molar-refractivity contribution in [2.45, 2.75) is 63.8 Å². The van der Waals surface area contributed by atoms with Gasteiger partial charge in [0.05, 0.1) is 16.1 Å². The van der Waals surface area contributed by atoms with Crippen molar-refractivity contribution in [3.63, 3.8) is 0 Å². The maximum atomic E-state index is 13.5. The molecule has 4 rings (SSSR count). The van der Waals surface area contributed by atoms with Gasteiger partial charge in [0.25, 0.3) is 0 Å². The molecule has 7 heteroatoms. The number of aromatic nitrogens is 1. The molecular formula is C28H33N3O3S. The van der Waals surface area contributed by atoms with Gasteiger partial charge in [-0.05, 0) is 42.9 Å². The number of hydrogen-bond donors (Lipinski definition) is 2. The fourth-order valence-electron chi connectivity index (χ4n) is 5.02. The van der Waals surface area contributed by atoms with Crippen LogP contribution in [0.25, 0.3) is 10.2 Å². The Morgan fingerprint density at radius 2 is 1.71 bits per heavy atom. The van der Waals surface area contributed by atoms with Crippen molar-refractivity contribution in [3.05, 3.63) is 65.2 Å². The number of rotatable bonds is 10. The molecule has 1 saturated carbocycles. The van der Waals surface area contributed by atoms with Crippen molar-refractivity contribution in [3.8, 4) is 0 Å². The van der Waals surface area contributed by atoms with Crippen LogP contribution >= 0.6 is 11.3 Å². The maximum Gasteiger partial charge on any atom is 0.222 e. The molecule has 2 aromatic carbocycles. The van der Waals surface area contributed by atoms with Crippen LogP contribution in [0.2, 0.25) is 0 Å². The van der Waals surface area contributed by atoms with Crippen LogP contribution in [-0.4, -0.2) is 35.2 Å². The first-order valence-electron chi connectivity index (χ1n) is 12.5. The number of ketones is 1. The van der Waals surface area contributed by atoms with Gasteiger partial charge in [-0.2, -0.15) is 0 Å². The first-order valence-corrected chi connectivity index (χ1v) is 13.3. The number of nitrogens with zero attached hydrogens (tertiary/aromatic N) is 1. The van der Waals surface area contributed by atoms with Gasteiger partial charge in [-0.3, -0.25) is 14.4 Å². The number of hydrogen-bond acceptors (Lipinski definition) is 5. The summed E-state index contributed by atoms with van der Waals surface area (Å²) in [5.41, 5.74) is 1.75. The van der Waals surface area contributed by atoms with E-state index in [1.807, 2.05) is 54.6 Å². The van der Waals surface area contributed by atoms with E-state index in [1.54, 1.807) is 0 Å². The summed E-state index contributed by atoms with van der Waals surface area (Å²) in [6, 6.07) is 17.3. The summed E-state index contributed by atoms with van der Waals surface area (Å²) in [6.45, 7) is 1.89. The zero-order chi connectivity index (χ0) is 24.6. The molecule has 0 saturated heterocycles. The first-order chi connectivity index (χ1) is 17.0. The second kappa shape index (κ2) is 12.1. The van der Waals surface area contributed by atoms with Gasteiger partial charge in [0.1, 0.15) is 0 Å². The summed E-state index contributed by atoms with van der Waals surface area (Å²) >= 11 is 1.41. The largest absolute Gasteiger partial charge is 0.356 e. The number of nitrogens with one attached hydrogen (secondary N) is 2. The monoisotopic (exact) mass is 491 g/mol. The molecule has 0 aliphatic heterocycles. The van der Waals surface area contributed by atoms with E-state index >= 15 is 0 Å². The van der Waals surface area contributed by atoms with E-state index in [0.717, 1.165) is 41.5 Å². The third-order valence-electron chi connectivity index (χ3n) is 6.79. The molecular weight excluding hydrogens is 458 g/mol. The highest BCUT2D eigenvalue weighted by atomic mass is 32.1. The van der Waals surface area contributed by atoms with Crippen molar-refractivity contribution >= 4 is 39.2 Å². The summed E-state index contributed by atoms with van der Waals surface area (Å²) in [5.74, 6) is -0.255. The topological polar surface area (TPSA) is 88.2 Å². The van der Waals surface area contributed by atoms with E-state index in [2.05, 4.69) is 15.6 Å². The molecule has 1 aliphatic carbocycles. The highest BCUT2D eigenvalue weighted by molar-refractivity contribution is 7.20. The van der Waals surface area contributed by atoms with E-state index in [-0.39, 0.29) is 36.0 Å². The first kappa shape index (κ1) is 25.0. The Morgan fingerprint density at radius 1 is 1.00 bits per heavy atom. The minimum Gasteiger partial charge on any atom is -0.356 e. The van der Waals surface area contributed by atoms with Gasteiger partial charge < -0.3 is 10.6 Å². The van der Waals surface area contributed by atoms with E-state index in [4.69, 9.17) is 0 Å². The third-order valence-corrected chi connectivity index (χ3v) is 7.84. The lowest BCUT2D eigenvalue weighted by atomic mass is 9.82. The van der Waals surface area contributed by atoms with Gasteiger partial charge in [-0.15, -0.1) is 11.3 Å². The van der Waals surface area contributed by atoms with Crippen molar-refractivity contribution in [1.29, 1.82) is 0 Å². The Balaban J connectivity index is 1.40. The summed E-state index contributed by atoms with van der Waals surface area (Å²) in [4.78, 5) is 42.6. The molecule has 2 N–H and O–H groups in total. The lowest BCUT2D eigenvalue weighted by Crippen LogP contribution is -2.43. The molecule has 2 unspecified atom stereocenters. The molecule has 2 amide bonds. The van der Waals surface area contributed by atoms with Crippen LogP contribution in [0.4, 0.5) is 0 Å². The summed E-state index contributed by atoms with van der Waals surface area (Å²) < 4.78 is 0.989. The standard InChI is InChI=1S/C28H33N3O3S/c1-19(32)30-24(21-12-6-3-7-13-21)18-26(33)29-17-16-22(20-10-4-2-5-11-20)27(34)28-31-23-14-8-9-15-25(23)35-28/h2,4-5,8-11,14-15,21-22,24H,3,6-7,12-13,16-18H2,1H3,(H,29,33)(H,30,32). The predicted molar refractivity (Wildman–Crippen MR) is 140 cm³/mol. The highest BCUT2D eigenvalue weighted by Gasteiger charge is 2.28. The Morgan fingerprint density at radius 3 is 2.43 bits per heavy atom. The van der Waals surface area contributed by atoms with Gasteiger partial charge in [-0.1, -0.05) is 61.7 Å². The molecule has 3 aromatic rings. The number of carbonyl (C=O) groups is 3.